The average molecular weight is 306 g/mol. The van der Waals surface area contributed by atoms with Crippen molar-refractivity contribution in [3.63, 3.8) is 0 Å². The zero-order valence-electron chi connectivity index (χ0n) is 11.5. The topological polar surface area (TPSA) is 79.3 Å². The molecule has 21 heavy (non-hydrogen) atoms. The van der Waals surface area contributed by atoms with Gasteiger partial charge in [0.25, 0.3) is 0 Å². The summed E-state index contributed by atoms with van der Waals surface area (Å²) < 4.78 is 26.7. The third-order valence-electron chi connectivity index (χ3n) is 3.06. The van der Waals surface area contributed by atoms with Crippen LogP contribution in [0.15, 0.2) is 54.7 Å². The van der Waals surface area contributed by atoms with Crippen LogP contribution in [0.1, 0.15) is 17.3 Å². The molecule has 0 amide bonds. The second kappa shape index (κ2) is 7.31. The molecule has 0 aliphatic heterocycles. The highest BCUT2D eigenvalue weighted by Gasteiger charge is 2.18. The Kier molecular flexibility index (Phi) is 5.44. The van der Waals surface area contributed by atoms with Crippen LogP contribution in [0.25, 0.3) is 0 Å². The van der Waals surface area contributed by atoms with Crippen LogP contribution in [0.2, 0.25) is 0 Å². The molecule has 2 aromatic rings. The normalized spacial score (nSPS) is 13.0. The molecule has 0 spiro atoms. The Morgan fingerprint density at radius 3 is 2.43 bits per heavy atom. The highest BCUT2D eigenvalue weighted by molar-refractivity contribution is 7.89. The van der Waals surface area contributed by atoms with E-state index >= 15 is 0 Å². The molecular weight excluding hydrogens is 288 g/mol. The van der Waals surface area contributed by atoms with E-state index in [1.54, 1.807) is 42.6 Å². The molecule has 0 unspecified atom stereocenters. The number of rotatable bonds is 7. The van der Waals surface area contributed by atoms with Crippen LogP contribution in [-0.2, 0) is 16.4 Å². The van der Waals surface area contributed by atoms with Crippen LogP contribution in [0.4, 0.5) is 0 Å². The van der Waals surface area contributed by atoms with Gasteiger partial charge in [-0.3, -0.25) is 4.98 Å². The van der Waals surface area contributed by atoms with Crippen LogP contribution >= 0.6 is 0 Å². The van der Waals surface area contributed by atoms with Crippen LogP contribution in [0, 0.1) is 0 Å². The second-order valence-electron chi connectivity index (χ2n) is 4.65. The van der Waals surface area contributed by atoms with Gasteiger partial charge in [-0.25, -0.2) is 13.1 Å². The van der Waals surface area contributed by atoms with Gasteiger partial charge in [-0.15, -0.1) is 0 Å². The molecule has 112 valence electrons. The fraction of sp³-hybridized carbons (Fsp3) is 0.267. The lowest BCUT2D eigenvalue weighted by Crippen LogP contribution is -2.33. The van der Waals surface area contributed by atoms with E-state index in [4.69, 9.17) is 0 Å². The molecule has 1 atom stereocenters. The molecular formula is C15H18N2O3S. The molecule has 0 radical (unpaired) electrons. The number of aliphatic hydroxyl groups excluding tert-OH is 1. The summed E-state index contributed by atoms with van der Waals surface area (Å²) in [5.74, 6) is -0.0622. The lowest BCUT2D eigenvalue weighted by atomic mass is 10.1. The van der Waals surface area contributed by atoms with E-state index in [1.807, 2.05) is 12.1 Å². The third kappa shape index (κ3) is 4.93. The monoisotopic (exact) mass is 306 g/mol. The molecule has 5 nitrogen and oxygen atoms in total. The van der Waals surface area contributed by atoms with Gasteiger partial charge >= 0.3 is 0 Å². The first-order valence-electron chi connectivity index (χ1n) is 6.66. The first-order valence-corrected chi connectivity index (χ1v) is 8.31. The van der Waals surface area contributed by atoms with E-state index < -0.39 is 16.1 Å². The summed E-state index contributed by atoms with van der Waals surface area (Å²) in [6, 6.07) is 13.8. The largest absolute Gasteiger partial charge is 0.394 e. The van der Waals surface area contributed by atoms with E-state index in [0.29, 0.717) is 6.42 Å². The Morgan fingerprint density at radius 1 is 1.10 bits per heavy atom. The smallest absolute Gasteiger partial charge is 0.212 e. The summed E-state index contributed by atoms with van der Waals surface area (Å²) in [6.45, 7) is -0.285. The Hall–Kier alpha value is -1.76. The highest BCUT2D eigenvalue weighted by atomic mass is 32.2. The molecule has 0 saturated heterocycles. The summed E-state index contributed by atoms with van der Waals surface area (Å²) in [5, 5.41) is 9.39. The molecule has 1 aromatic carbocycles. The molecule has 2 rings (SSSR count). The minimum Gasteiger partial charge on any atom is -0.394 e. The number of aromatic nitrogens is 1. The van der Waals surface area contributed by atoms with Crippen molar-refractivity contribution in [1.82, 2.24) is 9.71 Å². The van der Waals surface area contributed by atoms with Crippen LogP contribution in [-0.4, -0.2) is 30.9 Å². The number of benzene rings is 1. The number of hydrogen-bond acceptors (Lipinski definition) is 4. The Balaban J connectivity index is 1.99. The Bertz CT molecular complexity index is 645. The lowest BCUT2D eigenvalue weighted by Gasteiger charge is -2.16. The summed E-state index contributed by atoms with van der Waals surface area (Å²) in [5.41, 5.74) is 1.46. The van der Waals surface area contributed by atoms with Crippen LogP contribution in [0.3, 0.4) is 0 Å². The molecule has 0 saturated carbocycles. The zero-order valence-corrected chi connectivity index (χ0v) is 12.3. The molecule has 0 fully saturated rings. The first-order chi connectivity index (χ1) is 10.1. The molecule has 0 aliphatic carbocycles. The number of aliphatic hydroxyl groups is 1. The number of nitrogens with one attached hydrogen (secondary N) is 1. The number of aryl methyl sites for hydroxylation is 1. The van der Waals surface area contributed by atoms with Crippen LogP contribution < -0.4 is 4.72 Å². The van der Waals surface area contributed by atoms with Gasteiger partial charge in [-0.1, -0.05) is 36.4 Å². The molecule has 2 N–H and O–H groups in total. The molecule has 6 heteroatoms. The molecule has 0 bridgehead atoms. The predicted molar refractivity (Wildman–Crippen MR) is 81.1 cm³/mol. The van der Waals surface area contributed by atoms with E-state index in [0.717, 1.165) is 11.3 Å². The fourth-order valence-electron chi connectivity index (χ4n) is 1.96. The number of hydrogen-bond donors (Lipinski definition) is 2. The fourth-order valence-corrected chi connectivity index (χ4v) is 3.20. The van der Waals surface area contributed by atoms with Crippen LogP contribution in [0.5, 0.6) is 0 Å². The van der Waals surface area contributed by atoms with Crippen molar-refractivity contribution in [2.75, 3.05) is 12.4 Å². The molecule has 1 heterocycles. The molecule has 1 aromatic heterocycles. The average Bonchev–Trinajstić information content (AvgIpc) is 2.53. The van der Waals surface area contributed by atoms with Gasteiger partial charge < -0.3 is 5.11 Å². The van der Waals surface area contributed by atoms with E-state index in [1.165, 1.54) is 0 Å². The SMILES string of the molecule is O=S(=O)(CCc1ccccn1)N[C@H](CO)c1ccccc1. The number of nitrogens with zero attached hydrogens (tertiary/aromatic N) is 1. The van der Waals surface area contributed by atoms with Crippen molar-refractivity contribution in [3.8, 4) is 0 Å². The quantitative estimate of drug-likeness (QED) is 0.807. The highest BCUT2D eigenvalue weighted by Crippen LogP contribution is 2.13. The standard InChI is InChI=1S/C15H18N2O3S/c18-12-15(13-6-2-1-3-7-13)17-21(19,20)11-9-14-8-4-5-10-16-14/h1-8,10,15,17-18H,9,11-12H2/t15-/m1/s1. The van der Waals surface area contributed by atoms with Crippen molar-refractivity contribution in [2.24, 2.45) is 0 Å². The van der Waals surface area contributed by atoms with Crippen molar-refractivity contribution in [3.05, 3.63) is 66.0 Å². The second-order valence-corrected chi connectivity index (χ2v) is 6.53. The lowest BCUT2D eigenvalue weighted by molar-refractivity contribution is 0.259. The third-order valence-corrected chi connectivity index (χ3v) is 4.44. The predicted octanol–water partition coefficient (Wildman–Crippen LogP) is 1.28. The van der Waals surface area contributed by atoms with Crippen molar-refractivity contribution in [1.29, 1.82) is 0 Å². The maximum absolute atomic E-state index is 12.1. The summed E-state index contributed by atoms with van der Waals surface area (Å²) >= 11 is 0. The summed E-state index contributed by atoms with van der Waals surface area (Å²) in [4.78, 5) is 4.10. The number of pyridine rings is 1. The Morgan fingerprint density at radius 2 is 1.81 bits per heavy atom. The van der Waals surface area contributed by atoms with Crippen molar-refractivity contribution < 1.29 is 13.5 Å². The van der Waals surface area contributed by atoms with Gasteiger partial charge in [-0.2, -0.15) is 0 Å². The van der Waals surface area contributed by atoms with E-state index in [2.05, 4.69) is 9.71 Å². The minimum absolute atomic E-state index is 0.0622. The minimum atomic E-state index is -3.49. The maximum atomic E-state index is 12.1. The summed E-state index contributed by atoms with van der Waals surface area (Å²) in [6.07, 6.45) is 1.97. The maximum Gasteiger partial charge on any atom is 0.212 e. The Labute approximate surface area is 124 Å². The first kappa shape index (κ1) is 15.6. The van der Waals surface area contributed by atoms with Gasteiger partial charge in [0.1, 0.15) is 0 Å². The molecule has 0 aliphatic rings. The zero-order chi connectivity index (χ0) is 15.1. The van der Waals surface area contributed by atoms with Gasteiger partial charge in [0, 0.05) is 18.3 Å². The van der Waals surface area contributed by atoms with Crippen molar-refractivity contribution >= 4 is 10.0 Å². The number of sulfonamides is 1. The van der Waals surface area contributed by atoms with E-state index in [-0.39, 0.29) is 12.4 Å². The van der Waals surface area contributed by atoms with Gasteiger partial charge in [0.15, 0.2) is 0 Å². The van der Waals surface area contributed by atoms with E-state index in [9.17, 15) is 13.5 Å². The summed E-state index contributed by atoms with van der Waals surface area (Å²) in [7, 11) is -3.49. The van der Waals surface area contributed by atoms with Gasteiger partial charge in [0.05, 0.1) is 18.4 Å². The van der Waals surface area contributed by atoms with Gasteiger partial charge in [0.2, 0.25) is 10.0 Å². The van der Waals surface area contributed by atoms with Crippen molar-refractivity contribution in [2.45, 2.75) is 12.5 Å². The van der Waals surface area contributed by atoms with Gasteiger partial charge in [-0.05, 0) is 17.7 Å².